The van der Waals surface area contributed by atoms with Crippen LogP contribution in [0.4, 0.5) is 5.82 Å². The highest BCUT2D eigenvalue weighted by Crippen LogP contribution is 2.33. The van der Waals surface area contributed by atoms with Gasteiger partial charge >= 0.3 is 0 Å². The van der Waals surface area contributed by atoms with Crippen LogP contribution in [0.25, 0.3) is 22.0 Å². The fraction of sp³-hybridized carbons (Fsp3) is 0. The smallest absolute Gasteiger partial charge is 0.160 e. The van der Waals surface area contributed by atoms with Gasteiger partial charge in [0.1, 0.15) is 0 Å². The van der Waals surface area contributed by atoms with E-state index in [1.54, 1.807) is 6.20 Å². The summed E-state index contributed by atoms with van der Waals surface area (Å²) in [6.45, 7) is 0. The summed E-state index contributed by atoms with van der Waals surface area (Å²) in [5.41, 5.74) is 7.55. The highest BCUT2D eigenvalue weighted by molar-refractivity contribution is 6.35. The minimum Gasteiger partial charge on any atom is -0.382 e. The van der Waals surface area contributed by atoms with Crippen LogP contribution in [-0.4, -0.2) is 15.2 Å². The molecule has 3 rings (SSSR count). The SMILES string of the molecule is Nc1nnc(Cl)c2c(-c3ccccn3)cccc12. The van der Waals surface area contributed by atoms with Crippen molar-refractivity contribution in [2.75, 3.05) is 5.73 Å². The lowest BCUT2D eigenvalue weighted by molar-refractivity contribution is 1.06. The summed E-state index contributed by atoms with van der Waals surface area (Å²) in [5.74, 6) is 0.368. The number of aromatic nitrogens is 3. The number of halogens is 1. The molecule has 18 heavy (non-hydrogen) atoms. The number of fused-ring (bicyclic) bond motifs is 1. The Balaban J connectivity index is 2.41. The van der Waals surface area contributed by atoms with Crippen molar-refractivity contribution < 1.29 is 0 Å². The number of hydrogen-bond acceptors (Lipinski definition) is 4. The number of pyridine rings is 1. The van der Waals surface area contributed by atoms with Crippen LogP contribution in [0.3, 0.4) is 0 Å². The van der Waals surface area contributed by atoms with Gasteiger partial charge in [-0.05, 0) is 12.1 Å². The Morgan fingerprint density at radius 3 is 2.67 bits per heavy atom. The summed E-state index contributed by atoms with van der Waals surface area (Å²) < 4.78 is 0. The zero-order valence-corrected chi connectivity index (χ0v) is 10.1. The van der Waals surface area contributed by atoms with E-state index in [2.05, 4.69) is 15.2 Å². The third-order valence-electron chi connectivity index (χ3n) is 2.73. The van der Waals surface area contributed by atoms with Gasteiger partial charge in [0, 0.05) is 22.5 Å². The number of rotatable bonds is 1. The molecule has 0 bridgehead atoms. The zero-order valence-electron chi connectivity index (χ0n) is 9.34. The summed E-state index contributed by atoms with van der Waals surface area (Å²) in [4.78, 5) is 4.32. The maximum atomic E-state index is 6.13. The normalized spacial score (nSPS) is 10.7. The molecule has 88 valence electrons. The second-order valence-electron chi connectivity index (χ2n) is 3.82. The van der Waals surface area contributed by atoms with E-state index in [1.165, 1.54) is 0 Å². The third kappa shape index (κ3) is 1.67. The Hall–Kier alpha value is -2.20. The molecule has 0 saturated carbocycles. The number of nitrogen functional groups attached to an aromatic ring is 1. The molecule has 0 atom stereocenters. The van der Waals surface area contributed by atoms with Crippen LogP contribution >= 0.6 is 11.6 Å². The fourth-order valence-corrected chi connectivity index (χ4v) is 2.17. The van der Waals surface area contributed by atoms with E-state index in [1.807, 2.05) is 36.4 Å². The average Bonchev–Trinajstić information content (AvgIpc) is 2.43. The third-order valence-corrected chi connectivity index (χ3v) is 3.00. The van der Waals surface area contributed by atoms with E-state index in [0.29, 0.717) is 11.0 Å². The highest BCUT2D eigenvalue weighted by atomic mass is 35.5. The van der Waals surface area contributed by atoms with Crippen molar-refractivity contribution in [1.82, 2.24) is 15.2 Å². The first-order valence-corrected chi connectivity index (χ1v) is 5.77. The predicted molar refractivity (Wildman–Crippen MR) is 72.2 cm³/mol. The van der Waals surface area contributed by atoms with E-state index in [4.69, 9.17) is 17.3 Å². The first-order chi connectivity index (χ1) is 8.77. The van der Waals surface area contributed by atoms with Crippen molar-refractivity contribution in [3.05, 3.63) is 47.7 Å². The molecule has 0 unspecified atom stereocenters. The van der Waals surface area contributed by atoms with E-state index < -0.39 is 0 Å². The lowest BCUT2D eigenvalue weighted by Crippen LogP contribution is -1.96. The predicted octanol–water partition coefficient (Wildman–Crippen LogP) is 2.93. The highest BCUT2D eigenvalue weighted by Gasteiger charge is 2.11. The molecule has 0 amide bonds. The van der Waals surface area contributed by atoms with Crippen LogP contribution in [0.5, 0.6) is 0 Å². The van der Waals surface area contributed by atoms with Gasteiger partial charge in [-0.3, -0.25) is 4.98 Å². The molecule has 0 spiro atoms. The van der Waals surface area contributed by atoms with Crippen LogP contribution in [-0.2, 0) is 0 Å². The molecule has 0 aliphatic rings. The maximum absolute atomic E-state index is 6.13. The molecule has 2 heterocycles. The molecule has 4 nitrogen and oxygen atoms in total. The van der Waals surface area contributed by atoms with Gasteiger partial charge in [-0.25, -0.2) is 0 Å². The lowest BCUT2D eigenvalue weighted by atomic mass is 10.0. The summed E-state index contributed by atoms with van der Waals surface area (Å²) in [7, 11) is 0. The van der Waals surface area contributed by atoms with Crippen molar-refractivity contribution in [3.63, 3.8) is 0 Å². The van der Waals surface area contributed by atoms with Crippen molar-refractivity contribution in [3.8, 4) is 11.3 Å². The van der Waals surface area contributed by atoms with Gasteiger partial charge in [0.15, 0.2) is 11.0 Å². The van der Waals surface area contributed by atoms with Gasteiger partial charge in [0.2, 0.25) is 0 Å². The molecule has 5 heteroatoms. The van der Waals surface area contributed by atoms with Crippen molar-refractivity contribution >= 4 is 28.2 Å². The van der Waals surface area contributed by atoms with Crippen LogP contribution in [0.15, 0.2) is 42.6 Å². The molecular weight excluding hydrogens is 248 g/mol. The minimum atomic E-state index is 0.334. The lowest BCUT2D eigenvalue weighted by Gasteiger charge is -2.07. The van der Waals surface area contributed by atoms with Gasteiger partial charge in [-0.1, -0.05) is 35.9 Å². The number of hydrogen-bond donors (Lipinski definition) is 1. The quantitative estimate of drug-likeness (QED) is 0.727. The minimum absolute atomic E-state index is 0.334. The number of anilines is 1. The van der Waals surface area contributed by atoms with Crippen molar-refractivity contribution in [2.24, 2.45) is 0 Å². The van der Waals surface area contributed by atoms with Gasteiger partial charge in [0.05, 0.1) is 5.69 Å². The molecule has 0 fully saturated rings. The topological polar surface area (TPSA) is 64.7 Å². The standard InChI is InChI=1S/C13H9ClN4/c14-12-11-8(10-6-1-2-7-16-10)4-3-5-9(11)13(15)18-17-12/h1-7H,(H2,15,18). The van der Waals surface area contributed by atoms with E-state index >= 15 is 0 Å². The molecule has 2 aromatic heterocycles. The first kappa shape index (κ1) is 10.9. The Bertz CT molecular complexity index is 713. The Labute approximate surface area is 108 Å². The van der Waals surface area contributed by atoms with Crippen molar-refractivity contribution in [2.45, 2.75) is 0 Å². The number of nitrogens with zero attached hydrogens (tertiary/aromatic N) is 3. The number of nitrogens with two attached hydrogens (primary N) is 1. The van der Waals surface area contributed by atoms with E-state index in [0.717, 1.165) is 22.0 Å². The maximum Gasteiger partial charge on any atom is 0.160 e. The summed E-state index contributed by atoms with van der Waals surface area (Å²) in [6, 6.07) is 11.4. The summed E-state index contributed by atoms with van der Waals surface area (Å²) in [5, 5.41) is 9.58. The fourth-order valence-electron chi connectivity index (χ4n) is 1.93. The second-order valence-corrected chi connectivity index (χ2v) is 4.18. The molecule has 0 saturated heterocycles. The Morgan fingerprint density at radius 1 is 1.00 bits per heavy atom. The molecule has 0 aliphatic carbocycles. The average molecular weight is 257 g/mol. The summed E-state index contributed by atoms with van der Waals surface area (Å²) in [6.07, 6.45) is 1.74. The monoisotopic (exact) mass is 256 g/mol. The number of benzene rings is 1. The van der Waals surface area contributed by atoms with Crippen molar-refractivity contribution in [1.29, 1.82) is 0 Å². The molecule has 3 aromatic rings. The van der Waals surface area contributed by atoms with Crippen LogP contribution in [0.1, 0.15) is 0 Å². The van der Waals surface area contributed by atoms with Gasteiger partial charge in [0.25, 0.3) is 0 Å². The van der Waals surface area contributed by atoms with E-state index in [-0.39, 0.29) is 0 Å². The van der Waals surface area contributed by atoms with E-state index in [9.17, 15) is 0 Å². The molecule has 1 aromatic carbocycles. The van der Waals surface area contributed by atoms with Crippen LogP contribution < -0.4 is 5.73 Å². The first-order valence-electron chi connectivity index (χ1n) is 5.39. The molecular formula is C13H9ClN4. The second kappa shape index (κ2) is 4.23. The molecule has 0 radical (unpaired) electrons. The van der Waals surface area contributed by atoms with Crippen LogP contribution in [0.2, 0.25) is 5.15 Å². The van der Waals surface area contributed by atoms with Gasteiger partial charge < -0.3 is 5.73 Å². The largest absolute Gasteiger partial charge is 0.382 e. The van der Waals surface area contributed by atoms with Gasteiger partial charge in [-0.2, -0.15) is 0 Å². The van der Waals surface area contributed by atoms with Crippen LogP contribution in [0, 0.1) is 0 Å². The summed E-state index contributed by atoms with van der Waals surface area (Å²) >= 11 is 6.13. The Morgan fingerprint density at radius 2 is 1.89 bits per heavy atom. The molecule has 0 aliphatic heterocycles. The van der Waals surface area contributed by atoms with Gasteiger partial charge in [-0.15, -0.1) is 10.2 Å². The Kier molecular flexibility index (Phi) is 2.57. The zero-order chi connectivity index (χ0) is 12.5. The molecule has 2 N–H and O–H groups in total.